The van der Waals surface area contributed by atoms with E-state index in [1.165, 1.54) is 12.8 Å². The van der Waals surface area contributed by atoms with Gasteiger partial charge in [0.05, 0.1) is 0 Å². The molecule has 0 unspecified atom stereocenters. The van der Waals surface area contributed by atoms with Gasteiger partial charge >= 0.3 is 0 Å². The van der Waals surface area contributed by atoms with Crippen LogP contribution < -0.4 is 0 Å². The lowest BCUT2D eigenvalue weighted by Crippen LogP contribution is -2.10. The van der Waals surface area contributed by atoms with Crippen molar-refractivity contribution in [3.05, 3.63) is 0 Å². The Morgan fingerprint density at radius 1 is 0.714 bits per heavy atom. The predicted octanol–water partition coefficient (Wildman–Crippen LogP) is 5.13. The van der Waals surface area contributed by atoms with Crippen molar-refractivity contribution in [3.63, 3.8) is 0 Å². The summed E-state index contributed by atoms with van der Waals surface area (Å²) in [5, 5.41) is 0. The summed E-state index contributed by atoms with van der Waals surface area (Å²) in [6.45, 7) is 9.98. The molecule has 0 aromatic carbocycles. The summed E-state index contributed by atoms with van der Waals surface area (Å²) in [5.41, 5.74) is 0. The quantitative estimate of drug-likeness (QED) is 0.534. The lowest BCUT2D eigenvalue weighted by Gasteiger charge is -2.21. The van der Waals surface area contributed by atoms with Crippen molar-refractivity contribution in [2.75, 3.05) is 0 Å². The van der Waals surface area contributed by atoms with E-state index in [9.17, 15) is 0 Å². The summed E-state index contributed by atoms with van der Waals surface area (Å²) in [4.78, 5) is 0. The maximum absolute atomic E-state index is 7.64. The molecule has 0 saturated heterocycles. The molecule has 0 aromatic rings. The molecule has 0 bridgehead atoms. The fourth-order valence-corrected chi connectivity index (χ4v) is 1.57. The molecule has 0 heterocycles. The van der Waals surface area contributed by atoms with Crippen LogP contribution in [0.5, 0.6) is 0 Å². The summed E-state index contributed by atoms with van der Waals surface area (Å²) in [6.07, 6.45) is 4.70. The maximum Gasteiger partial charge on any atom is 0.0233 e. The van der Waals surface area contributed by atoms with Gasteiger partial charge in [-0.1, -0.05) is 67.2 Å². The van der Waals surface area contributed by atoms with E-state index in [2.05, 4.69) is 27.7 Å². The Kier molecular flexibility index (Phi) is 5.49. The van der Waals surface area contributed by atoms with Gasteiger partial charge in [0.1, 0.15) is 0 Å². The van der Waals surface area contributed by atoms with Gasteiger partial charge in [0.15, 0.2) is 0 Å². The van der Waals surface area contributed by atoms with Crippen LogP contribution >= 0.6 is 0 Å². The van der Waals surface area contributed by atoms with Gasteiger partial charge in [-0.15, -0.1) is 0 Å². The first-order valence-corrected chi connectivity index (χ1v) is 6.09. The van der Waals surface area contributed by atoms with Gasteiger partial charge in [-0.05, 0) is 23.7 Å². The van der Waals surface area contributed by atoms with Crippen LogP contribution in [0.2, 0.25) is 0 Å². The molecular formula is C14H30. The predicted molar refractivity (Wildman–Crippen MR) is 66.5 cm³/mol. The molecule has 0 spiro atoms. The normalized spacial score (nSPS) is 18.1. The zero-order valence-electron chi connectivity index (χ0n) is 12.6. The first-order valence-electron chi connectivity index (χ1n) is 7.51. The molecule has 0 fully saturated rings. The highest BCUT2D eigenvalue weighted by Crippen LogP contribution is 2.24. The third-order valence-corrected chi connectivity index (χ3v) is 2.90. The van der Waals surface area contributed by atoms with Crippen LogP contribution in [-0.2, 0) is 0 Å². The van der Waals surface area contributed by atoms with E-state index < -0.39 is 0 Å². The fourth-order valence-electron chi connectivity index (χ4n) is 1.57. The molecule has 2 atom stereocenters. The van der Waals surface area contributed by atoms with Crippen molar-refractivity contribution in [3.8, 4) is 0 Å². The molecule has 0 rings (SSSR count). The average Bonchev–Trinajstić information content (AvgIpc) is 2.22. The summed E-state index contributed by atoms with van der Waals surface area (Å²) >= 11 is 0. The topological polar surface area (TPSA) is 0 Å². The van der Waals surface area contributed by atoms with Gasteiger partial charge in [-0.3, -0.25) is 0 Å². The molecule has 0 saturated carbocycles. The Morgan fingerprint density at radius 2 is 1.07 bits per heavy atom. The van der Waals surface area contributed by atoms with Gasteiger partial charge in [0.2, 0.25) is 0 Å². The van der Waals surface area contributed by atoms with Crippen molar-refractivity contribution >= 4 is 0 Å². The molecule has 14 heavy (non-hydrogen) atoms. The largest absolute Gasteiger partial charge is 0.0628 e. The highest BCUT2D eigenvalue weighted by Gasteiger charge is 2.12. The first kappa shape index (κ1) is 10.5. The van der Waals surface area contributed by atoms with Gasteiger partial charge < -0.3 is 0 Å². The van der Waals surface area contributed by atoms with E-state index in [1.807, 2.05) is 0 Å². The summed E-state index contributed by atoms with van der Waals surface area (Å²) in [6, 6.07) is 0. The van der Waals surface area contributed by atoms with Crippen LogP contribution in [0.1, 0.15) is 69.9 Å². The average molecular weight is 200 g/mol. The molecule has 0 nitrogen and oxygen atoms in total. The zero-order valence-corrected chi connectivity index (χ0v) is 10.6. The SMILES string of the molecule is [2H]C[C@@H](CCC(C)C)[C@@H](C[2H])CCC(C)C. The number of rotatable bonds is 7. The van der Waals surface area contributed by atoms with Gasteiger partial charge in [0.25, 0.3) is 0 Å². The van der Waals surface area contributed by atoms with Gasteiger partial charge in [0, 0.05) is 2.74 Å². The minimum absolute atomic E-state index is 0.457. The highest BCUT2D eigenvalue weighted by molar-refractivity contribution is 4.64. The molecule has 86 valence electrons. The van der Waals surface area contributed by atoms with Crippen molar-refractivity contribution in [2.24, 2.45) is 23.7 Å². The molecule has 0 aliphatic carbocycles. The molecule has 0 N–H and O–H groups in total. The number of hydrogen-bond acceptors (Lipinski definition) is 0. The van der Waals surface area contributed by atoms with Crippen LogP contribution in [0.25, 0.3) is 0 Å². The van der Waals surface area contributed by atoms with Crippen LogP contribution in [0.3, 0.4) is 0 Å². The highest BCUT2D eigenvalue weighted by atomic mass is 14.2. The van der Waals surface area contributed by atoms with Crippen LogP contribution in [0.4, 0.5) is 0 Å². The second-order valence-electron chi connectivity index (χ2n) is 5.46. The van der Waals surface area contributed by atoms with E-state index in [1.54, 1.807) is 0 Å². The summed E-state index contributed by atoms with van der Waals surface area (Å²) < 4.78 is 15.3. The monoisotopic (exact) mass is 200 g/mol. The molecule has 0 aromatic heterocycles. The van der Waals surface area contributed by atoms with E-state index in [-0.39, 0.29) is 0 Å². The maximum atomic E-state index is 7.64. The van der Waals surface area contributed by atoms with Crippen molar-refractivity contribution in [1.82, 2.24) is 0 Å². The summed E-state index contributed by atoms with van der Waals surface area (Å²) in [7, 11) is 0. The second-order valence-corrected chi connectivity index (χ2v) is 5.46. The van der Waals surface area contributed by atoms with Gasteiger partial charge in [-0.25, -0.2) is 0 Å². The molecular weight excluding hydrogens is 168 g/mol. The molecule has 0 aliphatic heterocycles. The summed E-state index contributed by atoms with van der Waals surface area (Å²) in [5.74, 6) is 2.37. The van der Waals surface area contributed by atoms with E-state index in [4.69, 9.17) is 2.74 Å². The van der Waals surface area contributed by atoms with Crippen LogP contribution in [-0.4, -0.2) is 0 Å². The third kappa shape index (κ3) is 7.41. The Bertz CT molecular complexity index is 137. The van der Waals surface area contributed by atoms with E-state index in [0.717, 1.165) is 24.7 Å². The van der Waals surface area contributed by atoms with Gasteiger partial charge in [-0.2, -0.15) is 0 Å². The molecule has 0 aliphatic rings. The standard InChI is InChI=1S/C14H30/c1-11(2)7-9-13(5)14(6)10-8-12(3)4/h11-14H,7-10H2,1-6H3/t13-,14-/m0/s1/i5D,6D. The molecule has 0 amide bonds. The second kappa shape index (κ2) is 7.31. The Balaban J connectivity index is 4.05. The molecule has 0 radical (unpaired) electrons. The van der Waals surface area contributed by atoms with Crippen molar-refractivity contribution in [1.29, 1.82) is 0 Å². The zero-order chi connectivity index (χ0) is 12.6. The minimum Gasteiger partial charge on any atom is -0.0628 e. The van der Waals surface area contributed by atoms with Crippen molar-refractivity contribution in [2.45, 2.75) is 67.2 Å². The number of hydrogen-bond donors (Lipinski definition) is 0. The van der Waals surface area contributed by atoms with E-state index >= 15 is 0 Å². The lowest BCUT2D eigenvalue weighted by molar-refractivity contribution is 0.303. The third-order valence-electron chi connectivity index (χ3n) is 2.90. The lowest BCUT2D eigenvalue weighted by atomic mass is 9.85. The minimum atomic E-state index is 0.457. The van der Waals surface area contributed by atoms with Crippen LogP contribution in [0, 0.1) is 23.7 Å². The first-order chi connectivity index (χ1) is 7.51. The molecule has 0 heteroatoms. The fraction of sp³-hybridized carbons (Fsp3) is 1.00. The Labute approximate surface area is 94.3 Å². The smallest absolute Gasteiger partial charge is 0.0233 e. The Morgan fingerprint density at radius 3 is 1.29 bits per heavy atom. The van der Waals surface area contributed by atoms with Crippen LogP contribution in [0.15, 0.2) is 0 Å². The van der Waals surface area contributed by atoms with E-state index in [0.29, 0.717) is 25.6 Å². The van der Waals surface area contributed by atoms with Crippen molar-refractivity contribution < 1.29 is 2.74 Å². The Hall–Kier alpha value is 0.